The van der Waals surface area contributed by atoms with Gasteiger partial charge in [-0.05, 0) is 74.6 Å². The Morgan fingerprint density at radius 3 is 2.24 bits per heavy atom. The summed E-state index contributed by atoms with van der Waals surface area (Å²) in [7, 11) is 3.31. The summed E-state index contributed by atoms with van der Waals surface area (Å²) in [6, 6.07) is 16.7. The molecule has 2 fully saturated rings. The maximum Gasteiger partial charge on any atom is 0.223 e. The molecule has 0 bridgehead atoms. The van der Waals surface area contributed by atoms with E-state index in [2.05, 4.69) is 48.2 Å². The van der Waals surface area contributed by atoms with Crippen molar-refractivity contribution in [2.45, 2.75) is 84.8 Å². The Bertz CT molecular complexity index is 1470. The number of hydrogen-bond acceptors (Lipinski definition) is 7. The standard InChI is InChI=1S/C38H50N2O5S/c1-27-10-12-28(13-11-27)14-16-31-17-19-34(46-31)32(41)24-38(2,3)25-35(42)40-22-20-39(21-23-40)26-29-15-18-33(43-4)37(44-5)36(29)45-30-8-6-7-9-30/h10-13,15,17-19,30H,6-9,14,16,20-26H2,1-5H3. The van der Waals surface area contributed by atoms with Gasteiger partial charge in [-0.2, -0.15) is 0 Å². The molecule has 0 spiro atoms. The minimum Gasteiger partial charge on any atom is -0.493 e. The minimum atomic E-state index is -0.413. The number of benzene rings is 2. The first-order chi connectivity index (χ1) is 22.1. The predicted octanol–water partition coefficient (Wildman–Crippen LogP) is 7.51. The summed E-state index contributed by atoms with van der Waals surface area (Å²) < 4.78 is 17.8. The summed E-state index contributed by atoms with van der Waals surface area (Å²) in [4.78, 5) is 33.0. The van der Waals surface area contributed by atoms with Crippen molar-refractivity contribution in [1.82, 2.24) is 9.80 Å². The largest absolute Gasteiger partial charge is 0.493 e. The monoisotopic (exact) mass is 646 g/mol. The zero-order chi connectivity index (χ0) is 32.7. The molecule has 248 valence electrons. The van der Waals surface area contributed by atoms with E-state index in [1.54, 1.807) is 25.6 Å². The Kier molecular flexibility index (Phi) is 11.4. The third kappa shape index (κ3) is 8.91. The molecular weight excluding hydrogens is 596 g/mol. The lowest BCUT2D eigenvalue weighted by Crippen LogP contribution is -2.49. The van der Waals surface area contributed by atoms with Gasteiger partial charge in [0.05, 0.1) is 25.2 Å². The average molecular weight is 647 g/mol. The van der Waals surface area contributed by atoms with E-state index in [4.69, 9.17) is 14.2 Å². The molecule has 2 aromatic carbocycles. The normalized spacial score (nSPS) is 16.1. The summed E-state index contributed by atoms with van der Waals surface area (Å²) in [5.74, 6) is 2.35. The SMILES string of the molecule is COc1ccc(CN2CCN(C(=O)CC(C)(C)CC(=O)c3ccc(CCc4ccc(C)cc4)s3)CC2)c(OC2CCCC2)c1OC. The van der Waals surface area contributed by atoms with Crippen LogP contribution in [0, 0.1) is 12.3 Å². The summed E-state index contributed by atoms with van der Waals surface area (Å²) in [5, 5.41) is 0. The van der Waals surface area contributed by atoms with E-state index in [0.29, 0.717) is 37.4 Å². The van der Waals surface area contributed by atoms with Gasteiger partial charge in [-0.25, -0.2) is 0 Å². The highest BCUT2D eigenvalue weighted by molar-refractivity contribution is 7.14. The van der Waals surface area contributed by atoms with Crippen molar-refractivity contribution in [2.24, 2.45) is 5.41 Å². The molecule has 0 N–H and O–H groups in total. The Morgan fingerprint density at radius 2 is 1.57 bits per heavy atom. The lowest BCUT2D eigenvalue weighted by atomic mass is 9.83. The maximum absolute atomic E-state index is 13.4. The van der Waals surface area contributed by atoms with Crippen molar-refractivity contribution in [2.75, 3.05) is 40.4 Å². The predicted molar refractivity (Wildman–Crippen MR) is 185 cm³/mol. The topological polar surface area (TPSA) is 68.3 Å². The van der Waals surface area contributed by atoms with E-state index in [-0.39, 0.29) is 17.8 Å². The number of nitrogens with zero attached hydrogens (tertiary/aromatic N) is 2. The fourth-order valence-corrected chi connectivity index (χ4v) is 7.50. The van der Waals surface area contributed by atoms with Crippen molar-refractivity contribution >= 4 is 23.0 Å². The number of carbonyl (C=O) groups is 2. The molecule has 1 aromatic heterocycles. The van der Waals surface area contributed by atoms with Gasteiger partial charge in [0.15, 0.2) is 17.3 Å². The van der Waals surface area contributed by atoms with Crippen LogP contribution in [0.2, 0.25) is 0 Å². The molecule has 1 aliphatic heterocycles. The zero-order valence-corrected chi connectivity index (χ0v) is 29.0. The quantitative estimate of drug-likeness (QED) is 0.169. The van der Waals surface area contributed by atoms with E-state index in [1.165, 1.54) is 28.8 Å². The van der Waals surface area contributed by atoms with E-state index in [0.717, 1.165) is 61.5 Å². The highest BCUT2D eigenvalue weighted by Gasteiger charge is 2.31. The fraction of sp³-hybridized carbons (Fsp3) is 0.526. The van der Waals surface area contributed by atoms with Gasteiger partial charge in [0, 0.05) is 56.0 Å². The second kappa shape index (κ2) is 15.5. The van der Waals surface area contributed by atoms with Crippen LogP contribution >= 0.6 is 11.3 Å². The number of Topliss-reactive ketones (excluding diaryl/α,β-unsaturated/α-hetero) is 1. The number of piperazine rings is 1. The van der Waals surface area contributed by atoms with Crippen LogP contribution in [0.5, 0.6) is 17.2 Å². The van der Waals surface area contributed by atoms with Crippen LogP contribution in [-0.4, -0.2) is 68.0 Å². The molecule has 1 saturated carbocycles. The van der Waals surface area contributed by atoms with Crippen molar-refractivity contribution in [3.05, 3.63) is 75.0 Å². The second-order valence-corrected chi connectivity index (χ2v) is 14.8. The lowest BCUT2D eigenvalue weighted by Gasteiger charge is -2.36. The molecule has 3 aromatic rings. The van der Waals surface area contributed by atoms with Crippen LogP contribution < -0.4 is 14.2 Å². The number of aryl methyl sites for hydroxylation is 3. The Balaban J connectivity index is 1.11. The van der Waals surface area contributed by atoms with Gasteiger partial charge < -0.3 is 19.1 Å². The number of methoxy groups -OCH3 is 2. The van der Waals surface area contributed by atoms with E-state index < -0.39 is 5.41 Å². The Labute approximate surface area is 278 Å². The highest BCUT2D eigenvalue weighted by Crippen LogP contribution is 2.42. The first-order valence-electron chi connectivity index (χ1n) is 16.7. The van der Waals surface area contributed by atoms with Crippen LogP contribution in [0.25, 0.3) is 0 Å². The van der Waals surface area contributed by atoms with Crippen LogP contribution in [0.3, 0.4) is 0 Å². The van der Waals surface area contributed by atoms with Gasteiger partial charge in [0.25, 0.3) is 0 Å². The molecule has 1 amide bonds. The molecule has 0 atom stereocenters. The van der Waals surface area contributed by atoms with Gasteiger partial charge in [0.2, 0.25) is 11.7 Å². The van der Waals surface area contributed by atoms with Gasteiger partial charge in [0.1, 0.15) is 0 Å². The van der Waals surface area contributed by atoms with Crippen molar-refractivity contribution < 1.29 is 23.8 Å². The zero-order valence-electron chi connectivity index (χ0n) is 28.2. The van der Waals surface area contributed by atoms with Gasteiger partial charge >= 0.3 is 0 Å². The maximum atomic E-state index is 13.4. The van der Waals surface area contributed by atoms with Crippen LogP contribution in [-0.2, 0) is 24.2 Å². The van der Waals surface area contributed by atoms with Crippen LogP contribution in [0.4, 0.5) is 0 Å². The summed E-state index contributed by atoms with van der Waals surface area (Å²) in [6.45, 7) is 9.79. The molecular formula is C38H50N2O5S. The molecule has 2 heterocycles. The number of rotatable bonds is 14. The molecule has 7 nitrogen and oxygen atoms in total. The second-order valence-electron chi connectivity index (χ2n) is 13.7. The lowest BCUT2D eigenvalue weighted by molar-refractivity contribution is -0.135. The smallest absolute Gasteiger partial charge is 0.223 e. The molecule has 0 radical (unpaired) electrons. The minimum absolute atomic E-state index is 0.124. The molecule has 0 unspecified atom stereocenters. The number of ether oxygens (including phenoxy) is 3. The number of hydrogen-bond donors (Lipinski definition) is 0. The summed E-state index contributed by atoms with van der Waals surface area (Å²) in [5.41, 5.74) is 3.24. The van der Waals surface area contributed by atoms with Crippen LogP contribution in [0.15, 0.2) is 48.5 Å². The molecule has 46 heavy (non-hydrogen) atoms. The first kappa shape index (κ1) is 34.0. The number of thiophene rings is 1. The molecule has 1 saturated heterocycles. The molecule has 2 aliphatic rings. The van der Waals surface area contributed by atoms with Gasteiger partial charge in [-0.3, -0.25) is 14.5 Å². The summed E-state index contributed by atoms with van der Waals surface area (Å²) >= 11 is 1.59. The van der Waals surface area contributed by atoms with Crippen molar-refractivity contribution in [3.63, 3.8) is 0 Å². The van der Waals surface area contributed by atoms with Gasteiger partial charge in [-0.1, -0.05) is 49.7 Å². The highest BCUT2D eigenvalue weighted by atomic mass is 32.1. The molecule has 5 rings (SSSR count). The third-order valence-corrected chi connectivity index (χ3v) is 10.5. The fourth-order valence-electron chi connectivity index (χ4n) is 6.55. The van der Waals surface area contributed by atoms with Crippen molar-refractivity contribution in [3.8, 4) is 17.2 Å². The van der Waals surface area contributed by atoms with Crippen molar-refractivity contribution in [1.29, 1.82) is 0 Å². The van der Waals surface area contributed by atoms with E-state index >= 15 is 0 Å². The van der Waals surface area contributed by atoms with E-state index in [1.807, 2.05) is 30.9 Å². The van der Waals surface area contributed by atoms with E-state index in [9.17, 15) is 9.59 Å². The van der Waals surface area contributed by atoms with Crippen LogP contribution in [0.1, 0.15) is 83.6 Å². The molecule has 1 aliphatic carbocycles. The number of ketones is 1. The third-order valence-electron chi connectivity index (χ3n) is 9.27. The Morgan fingerprint density at radius 1 is 0.848 bits per heavy atom. The first-order valence-corrected chi connectivity index (χ1v) is 17.5. The Hall–Kier alpha value is -3.36. The summed E-state index contributed by atoms with van der Waals surface area (Å²) in [6.07, 6.45) is 7.32. The van der Waals surface area contributed by atoms with Gasteiger partial charge in [-0.15, -0.1) is 11.3 Å². The molecule has 8 heteroatoms. The number of carbonyl (C=O) groups excluding carboxylic acids is 2. The number of amides is 1. The average Bonchev–Trinajstić information content (AvgIpc) is 3.74.